The number of ether oxygens (including phenoxy) is 2. The minimum Gasteiger partial charge on any atom is -0.489 e. The Kier molecular flexibility index (Phi) is 4.88. The molecule has 0 aliphatic carbocycles. The fraction of sp³-hybridized carbons (Fsp3) is 0.357. The summed E-state index contributed by atoms with van der Waals surface area (Å²) in [7, 11) is 0. The number of nitrogens with one attached hydrogen (secondary N) is 2. The topological polar surface area (TPSA) is 118 Å². The first-order valence-corrected chi connectivity index (χ1v) is 7.10. The number of hydrogen-bond donors (Lipinski definition) is 2. The highest BCUT2D eigenvalue weighted by Crippen LogP contribution is 2.16. The van der Waals surface area contributed by atoms with Gasteiger partial charge in [0, 0.05) is 19.2 Å². The van der Waals surface area contributed by atoms with Gasteiger partial charge in [-0.2, -0.15) is 10.4 Å². The molecule has 1 aliphatic rings. The van der Waals surface area contributed by atoms with Crippen molar-refractivity contribution in [2.45, 2.75) is 6.10 Å². The second-order valence-electron chi connectivity index (χ2n) is 4.81. The maximum absolute atomic E-state index is 8.69. The van der Waals surface area contributed by atoms with Gasteiger partial charge in [-0.3, -0.25) is 0 Å². The van der Waals surface area contributed by atoms with Crippen LogP contribution in [0, 0.1) is 11.3 Å². The highest BCUT2D eigenvalue weighted by atomic mass is 16.5. The molecule has 0 radical (unpaired) electrons. The van der Waals surface area contributed by atoms with E-state index in [2.05, 4.69) is 30.8 Å². The van der Waals surface area contributed by atoms with E-state index < -0.39 is 0 Å². The third-order valence-electron chi connectivity index (χ3n) is 3.09. The van der Waals surface area contributed by atoms with Crippen molar-refractivity contribution in [3.05, 3.63) is 30.4 Å². The van der Waals surface area contributed by atoms with Crippen LogP contribution in [-0.4, -0.2) is 52.6 Å². The zero-order chi connectivity index (χ0) is 15.9. The molecule has 0 amide bonds. The number of hydrogen-bond acceptors (Lipinski definition) is 9. The van der Waals surface area contributed by atoms with Crippen LogP contribution in [0.3, 0.4) is 0 Å². The minimum atomic E-state index is 0.0257. The van der Waals surface area contributed by atoms with Crippen LogP contribution >= 0.6 is 0 Å². The number of aromatic nitrogens is 4. The molecule has 1 aliphatic heterocycles. The summed E-state index contributed by atoms with van der Waals surface area (Å²) in [5, 5.41) is 22.7. The van der Waals surface area contributed by atoms with Gasteiger partial charge in [-0.15, -0.1) is 5.10 Å². The van der Waals surface area contributed by atoms with Crippen LogP contribution in [0.4, 0.5) is 11.6 Å². The summed E-state index contributed by atoms with van der Waals surface area (Å²) < 4.78 is 11.2. The lowest BCUT2D eigenvalue weighted by Crippen LogP contribution is -2.41. The first-order valence-electron chi connectivity index (χ1n) is 7.10. The lowest BCUT2D eigenvalue weighted by molar-refractivity contribution is 0.000109. The Morgan fingerprint density at radius 3 is 3.04 bits per heavy atom. The largest absolute Gasteiger partial charge is 0.489 e. The van der Waals surface area contributed by atoms with Gasteiger partial charge in [-0.1, -0.05) is 0 Å². The summed E-state index contributed by atoms with van der Waals surface area (Å²) >= 11 is 0. The zero-order valence-corrected chi connectivity index (χ0v) is 12.3. The second kappa shape index (κ2) is 7.44. The average molecular weight is 313 g/mol. The summed E-state index contributed by atoms with van der Waals surface area (Å²) in [6.45, 7) is 2.76. The molecule has 2 aromatic heterocycles. The molecule has 2 aromatic rings. The van der Waals surface area contributed by atoms with Crippen molar-refractivity contribution in [2.24, 2.45) is 0 Å². The van der Waals surface area contributed by atoms with Crippen molar-refractivity contribution in [3.8, 4) is 11.8 Å². The first kappa shape index (κ1) is 15.1. The lowest BCUT2D eigenvalue weighted by Gasteiger charge is -2.23. The predicted octanol–water partition coefficient (Wildman–Crippen LogP) is 0.249. The Morgan fingerprint density at radius 1 is 1.35 bits per heavy atom. The van der Waals surface area contributed by atoms with Gasteiger partial charge in [0.2, 0.25) is 0 Å². The number of nitrogens with zero attached hydrogens (tertiary/aromatic N) is 5. The SMILES string of the molecule is N#Cc1cnc(Nc2cc(OCC3CNCCO3)cnn2)cn1. The van der Waals surface area contributed by atoms with E-state index in [1.165, 1.54) is 18.6 Å². The van der Waals surface area contributed by atoms with Crippen molar-refractivity contribution >= 4 is 11.6 Å². The molecule has 1 atom stereocenters. The van der Waals surface area contributed by atoms with E-state index >= 15 is 0 Å². The van der Waals surface area contributed by atoms with E-state index in [9.17, 15) is 0 Å². The monoisotopic (exact) mass is 313 g/mol. The van der Waals surface area contributed by atoms with Crippen molar-refractivity contribution in [1.29, 1.82) is 5.26 Å². The quantitative estimate of drug-likeness (QED) is 0.800. The third-order valence-corrected chi connectivity index (χ3v) is 3.09. The van der Waals surface area contributed by atoms with Crippen LogP contribution in [0.1, 0.15) is 5.69 Å². The van der Waals surface area contributed by atoms with Crippen LogP contribution in [0.15, 0.2) is 24.7 Å². The molecule has 1 saturated heterocycles. The molecule has 0 bridgehead atoms. The highest BCUT2D eigenvalue weighted by Gasteiger charge is 2.14. The maximum atomic E-state index is 8.69. The lowest BCUT2D eigenvalue weighted by atomic mass is 10.3. The number of anilines is 2. The Morgan fingerprint density at radius 2 is 2.30 bits per heavy atom. The van der Waals surface area contributed by atoms with Crippen molar-refractivity contribution in [3.63, 3.8) is 0 Å². The molecule has 0 saturated carbocycles. The van der Waals surface area contributed by atoms with Crippen molar-refractivity contribution < 1.29 is 9.47 Å². The van der Waals surface area contributed by atoms with Gasteiger partial charge >= 0.3 is 0 Å². The highest BCUT2D eigenvalue weighted by molar-refractivity contribution is 5.51. The van der Waals surface area contributed by atoms with Crippen LogP contribution in [0.25, 0.3) is 0 Å². The summed E-state index contributed by atoms with van der Waals surface area (Å²) in [6, 6.07) is 3.62. The van der Waals surface area contributed by atoms with Gasteiger partial charge in [0.05, 0.1) is 25.2 Å². The molecule has 0 aromatic carbocycles. The summed E-state index contributed by atoms with van der Waals surface area (Å²) in [5.41, 5.74) is 0.250. The van der Waals surface area contributed by atoms with Crippen LogP contribution in [0.2, 0.25) is 0 Å². The van der Waals surface area contributed by atoms with E-state index in [4.69, 9.17) is 14.7 Å². The molecular weight excluding hydrogens is 298 g/mol. The molecular formula is C14H15N7O2. The number of rotatable bonds is 5. The Hall–Kier alpha value is -2.83. The molecule has 3 rings (SSSR count). The van der Waals surface area contributed by atoms with Crippen LogP contribution in [0.5, 0.6) is 5.75 Å². The molecule has 1 fully saturated rings. The predicted molar refractivity (Wildman–Crippen MR) is 80.2 cm³/mol. The Labute approximate surface area is 132 Å². The molecule has 3 heterocycles. The van der Waals surface area contributed by atoms with Gasteiger partial charge < -0.3 is 20.1 Å². The first-order chi connectivity index (χ1) is 11.3. The van der Waals surface area contributed by atoms with E-state index in [-0.39, 0.29) is 11.8 Å². The van der Waals surface area contributed by atoms with E-state index in [1.54, 1.807) is 6.07 Å². The van der Waals surface area contributed by atoms with Gasteiger partial charge in [0.25, 0.3) is 0 Å². The second-order valence-corrected chi connectivity index (χ2v) is 4.81. The number of nitriles is 1. The standard InChI is InChI=1S/C14H15N7O2/c15-4-10-5-18-14(8-17-10)20-13-3-11(7-19-21-13)23-9-12-6-16-1-2-22-12/h3,5,7-8,12,16H,1-2,6,9H2,(H,18,20,21). The van der Waals surface area contributed by atoms with E-state index in [0.29, 0.717) is 30.6 Å². The van der Waals surface area contributed by atoms with Gasteiger partial charge in [-0.25, -0.2) is 9.97 Å². The summed E-state index contributed by atoms with van der Waals surface area (Å²) in [6.07, 6.45) is 4.39. The van der Waals surface area contributed by atoms with Gasteiger partial charge in [0.15, 0.2) is 11.5 Å². The Balaban J connectivity index is 1.59. The average Bonchev–Trinajstić information content (AvgIpc) is 2.62. The smallest absolute Gasteiger partial charge is 0.158 e. The number of morpholine rings is 1. The molecule has 2 N–H and O–H groups in total. The van der Waals surface area contributed by atoms with Gasteiger partial charge in [-0.05, 0) is 0 Å². The Bertz CT molecular complexity index is 680. The van der Waals surface area contributed by atoms with Crippen LogP contribution in [-0.2, 0) is 4.74 Å². The molecule has 23 heavy (non-hydrogen) atoms. The fourth-order valence-electron chi connectivity index (χ4n) is 1.99. The molecule has 1 unspecified atom stereocenters. The zero-order valence-electron chi connectivity index (χ0n) is 12.3. The van der Waals surface area contributed by atoms with Crippen molar-refractivity contribution in [2.75, 3.05) is 31.6 Å². The van der Waals surface area contributed by atoms with E-state index in [1.807, 2.05) is 6.07 Å². The molecule has 118 valence electrons. The fourth-order valence-corrected chi connectivity index (χ4v) is 1.99. The maximum Gasteiger partial charge on any atom is 0.158 e. The molecule has 0 spiro atoms. The molecule has 9 nitrogen and oxygen atoms in total. The van der Waals surface area contributed by atoms with Gasteiger partial charge in [0.1, 0.15) is 30.3 Å². The van der Waals surface area contributed by atoms with E-state index in [0.717, 1.165) is 13.1 Å². The van der Waals surface area contributed by atoms with Crippen molar-refractivity contribution in [1.82, 2.24) is 25.5 Å². The normalized spacial score (nSPS) is 17.3. The minimum absolute atomic E-state index is 0.0257. The van der Waals surface area contributed by atoms with Crippen LogP contribution < -0.4 is 15.4 Å². The molecule has 9 heteroatoms. The summed E-state index contributed by atoms with van der Waals surface area (Å²) in [5.74, 6) is 1.53. The third kappa shape index (κ3) is 4.32. The summed E-state index contributed by atoms with van der Waals surface area (Å²) in [4.78, 5) is 7.99.